The van der Waals surface area contributed by atoms with Gasteiger partial charge in [0.1, 0.15) is 18.0 Å². The predicted octanol–water partition coefficient (Wildman–Crippen LogP) is 4.91. The largest absolute Gasteiger partial charge is 0.491 e. The Hall–Kier alpha value is -3.09. The molecule has 1 aliphatic heterocycles. The molecule has 3 rings (SSSR count). The van der Waals surface area contributed by atoms with E-state index in [0.717, 1.165) is 38.1 Å². The van der Waals surface area contributed by atoms with Crippen molar-refractivity contribution in [3.05, 3.63) is 63.7 Å². The second-order valence-corrected chi connectivity index (χ2v) is 8.42. The fraction of sp³-hybridized carbons (Fsp3) is 0.458. The minimum Gasteiger partial charge on any atom is -0.491 e. The van der Waals surface area contributed by atoms with E-state index in [9.17, 15) is 14.9 Å². The predicted molar refractivity (Wildman–Crippen MR) is 122 cm³/mol. The van der Waals surface area contributed by atoms with Crippen molar-refractivity contribution in [1.29, 1.82) is 0 Å². The fourth-order valence-electron chi connectivity index (χ4n) is 3.73. The zero-order chi connectivity index (χ0) is 22.4. The number of rotatable bonds is 8. The molecule has 1 atom stereocenters. The highest BCUT2D eigenvalue weighted by Gasteiger charge is 2.23. The van der Waals surface area contributed by atoms with Crippen molar-refractivity contribution in [2.75, 3.05) is 24.6 Å². The molecule has 0 aliphatic carbocycles. The third kappa shape index (κ3) is 5.96. The van der Waals surface area contributed by atoms with E-state index < -0.39 is 4.92 Å². The molecule has 2 aromatic carbocycles. The summed E-state index contributed by atoms with van der Waals surface area (Å²) in [5, 5.41) is 14.5. The van der Waals surface area contributed by atoms with Gasteiger partial charge in [-0.2, -0.15) is 0 Å². The Morgan fingerprint density at radius 1 is 1.10 bits per heavy atom. The Balaban J connectivity index is 1.61. The van der Waals surface area contributed by atoms with Gasteiger partial charge in [0, 0.05) is 24.7 Å². The molecule has 2 aromatic rings. The number of carbonyl (C=O) groups excluding carboxylic acids is 1. The van der Waals surface area contributed by atoms with Crippen molar-refractivity contribution in [3.8, 4) is 5.75 Å². The van der Waals surface area contributed by atoms with Crippen LogP contribution in [0.4, 0.5) is 11.4 Å². The summed E-state index contributed by atoms with van der Waals surface area (Å²) in [4.78, 5) is 25.9. The van der Waals surface area contributed by atoms with E-state index in [2.05, 4.69) is 19.2 Å². The first kappa shape index (κ1) is 22.6. The van der Waals surface area contributed by atoms with Gasteiger partial charge in [-0.3, -0.25) is 14.9 Å². The molecule has 1 N–H and O–H groups in total. The number of nitro groups is 1. The normalized spacial score (nSPS) is 14.9. The molecule has 0 aromatic heterocycles. The molecule has 166 valence electrons. The van der Waals surface area contributed by atoms with Gasteiger partial charge in [0.05, 0.1) is 11.0 Å². The van der Waals surface area contributed by atoms with Crippen LogP contribution in [0.15, 0.2) is 42.5 Å². The summed E-state index contributed by atoms with van der Waals surface area (Å²) in [5.74, 6) is 0.851. The quantitative estimate of drug-likeness (QED) is 0.480. The molecule has 7 heteroatoms. The molecule has 1 heterocycles. The van der Waals surface area contributed by atoms with Crippen LogP contribution >= 0.6 is 0 Å². The zero-order valence-corrected chi connectivity index (χ0v) is 18.5. The average molecular weight is 426 g/mol. The number of benzene rings is 2. The molecular formula is C24H31N3O4. The van der Waals surface area contributed by atoms with E-state index in [-0.39, 0.29) is 23.2 Å². The molecule has 1 saturated heterocycles. The van der Waals surface area contributed by atoms with Gasteiger partial charge in [-0.1, -0.05) is 26.0 Å². The molecule has 31 heavy (non-hydrogen) atoms. The smallest absolute Gasteiger partial charge is 0.293 e. The topological polar surface area (TPSA) is 84.7 Å². The summed E-state index contributed by atoms with van der Waals surface area (Å²) in [5.41, 5.74) is 2.08. The molecule has 0 spiro atoms. The maximum atomic E-state index is 12.6. The van der Waals surface area contributed by atoms with Crippen molar-refractivity contribution in [2.45, 2.75) is 52.0 Å². The first-order chi connectivity index (χ1) is 14.8. The second-order valence-electron chi connectivity index (χ2n) is 8.42. The third-order valence-corrected chi connectivity index (χ3v) is 5.56. The van der Waals surface area contributed by atoms with Crippen molar-refractivity contribution < 1.29 is 14.5 Å². The van der Waals surface area contributed by atoms with Gasteiger partial charge in [0.15, 0.2) is 0 Å². The average Bonchev–Trinajstić information content (AvgIpc) is 2.78. The van der Waals surface area contributed by atoms with Gasteiger partial charge in [-0.15, -0.1) is 0 Å². The van der Waals surface area contributed by atoms with Gasteiger partial charge in [-0.05, 0) is 61.9 Å². The van der Waals surface area contributed by atoms with E-state index in [1.807, 2.05) is 36.1 Å². The van der Waals surface area contributed by atoms with Crippen molar-refractivity contribution in [2.24, 2.45) is 0 Å². The van der Waals surface area contributed by atoms with Crippen LogP contribution in [0, 0.1) is 10.1 Å². The van der Waals surface area contributed by atoms with Crippen LogP contribution in [0.25, 0.3) is 0 Å². The number of amides is 1. The highest BCUT2D eigenvalue weighted by atomic mass is 16.6. The second kappa shape index (κ2) is 10.3. The van der Waals surface area contributed by atoms with Crippen LogP contribution in [0.1, 0.15) is 61.9 Å². The van der Waals surface area contributed by atoms with E-state index in [4.69, 9.17) is 4.74 Å². The number of anilines is 1. The minimum absolute atomic E-state index is 0.0244. The lowest BCUT2D eigenvalue weighted by molar-refractivity contribution is -0.384. The summed E-state index contributed by atoms with van der Waals surface area (Å²) in [7, 11) is 0. The molecule has 0 bridgehead atoms. The van der Waals surface area contributed by atoms with Crippen molar-refractivity contribution in [3.63, 3.8) is 0 Å². The highest BCUT2D eigenvalue weighted by molar-refractivity contribution is 5.96. The van der Waals surface area contributed by atoms with Gasteiger partial charge in [0.2, 0.25) is 0 Å². The molecule has 7 nitrogen and oxygen atoms in total. The van der Waals surface area contributed by atoms with Crippen molar-refractivity contribution >= 4 is 17.3 Å². The summed E-state index contributed by atoms with van der Waals surface area (Å²) < 4.78 is 5.77. The number of piperidine rings is 1. The number of ether oxygens (including phenoxy) is 1. The standard InChI is InChI=1S/C24H31N3O4/c1-17(2)19-7-10-21(11-8-19)31-16-18(3)25-24(28)20-9-12-22(23(15-20)27(29)30)26-13-5-4-6-14-26/h7-12,15,17-18H,4-6,13-14,16H2,1-3H3,(H,25,28)/t18-/m1/s1. The van der Waals surface area contributed by atoms with Crippen LogP contribution in [0.3, 0.4) is 0 Å². The SMILES string of the molecule is CC(C)c1ccc(OC[C@@H](C)NC(=O)c2ccc(N3CCCCC3)c([N+](=O)[O-])c2)cc1. The number of nitro benzene ring substituents is 1. The summed E-state index contributed by atoms with van der Waals surface area (Å²) in [6.45, 7) is 8.03. The molecule has 1 aliphatic rings. The molecule has 1 amide bonds. The Morgan fingerprint density at radius 2 is 1.77 bits per heavy atom. The van der Waals surface area contributed by atoms with E-state index in [0.29, 0.717) is 18.2 Å². The Labute approximate surface area is 183 Å². The van der Waals surface area contributed by atoms with Crippen LogP contribution in [0.5, 0.6) is 5.75 Å². The minimum atomic E-state index is -0.409. The number of hydrogen-bond acceptors (Lipinski definition) is 5. The Bertz CT molecular complexity index is 906. The first-order valence-electron chi connectivity index (χ1n) is 10.9. The molecule has 0 radical (unpaired) electrons. The van der Waals surface area contributed by atoms with Gasteiger partial charge < -0.3 is 15.0 Å². The number of nitrogens with zero attached hydrogens (tertiary/aromatic N) is 2. The van der Waals surface area contributed by atoms with Gasteiger partial charge >= 0.3 is 0 Å². The maximum Gasteiger partial charge on any atom is 0.293 e. The lowest BCUT2D eigenvalue weighted by Crippen LogP contribution is -2.37. The lowest BCUT2D eigenvalue weighted by atomic mass is 10.0. The van der Waals surface area contributed by atoms with E-state index in [1.54, 1.807) is 12.1 Å². The molecule has 1 fully saturated rings. The maximum absolute atomic E-state index is 12.6. The first-order valence-corrected chi connectivity index (χ1v) is 10.9. The van der Waals surface area contributed by atoms with Crippen LogP contribution in [-0.4, -0.2) is 36.6 Å². The molecular weight excluding hydrogens is 394 g/mol. The fourth-order valence-corrected chi connectivity index (χ4v) is 3.73. The molecule has 0 saturated carbocycles. The number of carbonyl (C=O) groups is 1. The van der Waals surface area contributed by atoms with Gasteiger partial charge in [-0.25, -0.2) is 0 Å². The monoisotopic (exact) mass is 425 g/mol. The third-order valence-electron chi connectivity index (χ3n) is 5.56. The number of hydrogen-bond donors (Lipinski definition) is 1. The summed E-state index contributed by atoms with van der Waals surface area (Å²) in [6, 6.07) is 12.4. The van der Waals surface area contributed by atoms with Crippen molar-refractivity contribution in [1.82, 2.24) is 5.32 Å². The van der Waals surface area contributed by atoms with Crippen LogP contribution in [-0.2, 0) is 0 Å². The van der Waals surface area contributed by atoms with Crippen LogP contribution < -0.4 is 15.0 Å². The van der Waals surface area contributed by atoms with Crippen LogP contribution in [0.2, 0.25) is 0 Å². The van der Waals surface area contributed by atoms with E-state index in [1.165, 1.54) is 11.6 Å². The number of nitrogens with one attached hydrogen (secondary N) is 1. The Kier molecular flexibility index (Phi) is 7.50. The summed E-state index contributed by atoms with van der Waals surface area (Å²) in [6.07, 6.45) is 3.20. The highest BCUT2D eigenvalue weighted by Crippen LogP contribution is 2.31. The molecule has 0 unspecified atom stereocenters. The zero-order valence-electron chi connectivity index (χ0n) is 18.5. The van der Waals surface area contributed by atoms with E-state index >= 15 is 0 Å². The lowest BCUT2D eigenvalue weighted by Gasteiger charge is -2.28. The van der Waals surface area contributed by atoms with Gasteiger partial charge in [0.25, 0.3) is 11.6 Å². The summed E-state index contributed by atoms with van der Waals surface area (Å²) >= 11 is 0. The Morgan fingerprint density at radius 3 is 2.39 bits per heavy atom.